The summed E-state index contributed by atoms with van der Waals surface area (Å²) in [7, 11) is 3.25. The Morgan fingerprint density at radius 2 is 2.07 bits per heavy atom. The van der Waals surface area contributed by atoms with Crippen LogP contribution < -0.4 is 9.47 Å². The number of thioether (sulfide) groups is 1. The van der Waals surface area contributed by atoms with Gasteiger partial charge in [0.05, 0.1) is 25.6 Å². The van der Waals surface area contributed by atoms with Gasteiger partial charge in [-0.05, 0) is 24.3 Å². The number of H-pyrrole nitrogens is 1. The minimum absolute atomic E-state index is 0.122. The maximum Gasteiger partial charge on any atom is 0.243 e. The highest BCUT2D eigenvalue weighted by atomic mass is 32.2. The highest BCUT2D eigenvalue weighted by molar-refractivity contribution is 7.99. The van der Waals surface area contributed by atoms with E-state index >= 15 is 0 Å². The average Bonchev–Trinajstić information content (AvgIpc) is 3.51. The number of rotatable bonds is 5. The molecule has 1 N–H and O–H groups in total. The van der Waals surface area contributed by atoms with Gasteiger partial charge in [-0.3, -0.25) is 4.79 Å². The number of carbonyl (C=O) groups excluding carboxylic acids is 1. The van der Waals surface area contributed by atoms with Gasteiger partial charge in [-0.15, -0.1) is 11.8 Å². The van der Waals surface area contributed by atoms with E-state index in [1.54, 1.807) is 32.2 Å². The number of fused-ring (bicyclic) bond motifs is 2. The van der Waals surface area contributed by atoms with E-state index in [-0.39, 0.29) is 12.5 Å². The molecule has 1 fully saturated rings. The Bertz CT molecular complexity index is 1210. The SMILES string of the molecule is COc1cc2c(-c3cc4cccnc4[nH]3)cn(CC(=O)N3CCSC3)c2cc1OC. The quantitative estimate of drug-likeness (QED) is 0.531. The third-order valence-corrected chi connectivity index (χ3v) is 6.44. The van der Waals surface area contributed by atoms with Crippen molar-refractivity contribution in [1.29, 1.82) is 0 Å². The van der Waals surface area contributed by atoms with E-state index in [0.29, 0.717) is 11.5 Å². The molecule has 0 atom stereocenters. The van der Waals surface area contributed by atoms with Crippen LogP contribution >= 0.6 is 11.8 Å². The van der Waals surface area contributed by atoms with Crippen LogP contribution in [0.2, 0.25) is 0 Å². The average molecular weight is 423 g/mol. The number of hydrogen-bond acceptors (Lipinski definition) is 5. The molecule has 0 spiro atoms. The first kappa shape index (κ1) is 18.9. The molecule has 1 saturated heterocycles. The van der Waals surface area contributed by atoms with Crippen molar-refractivity contribution in [1.82, 2.24) is 19.4 Å². The molecule has 0 bridgehead atoms. The molecule has 5 rings (SSSR count). The third-order valence-electron chi connectivity index (χ3n) is 5.48. The van der Waals surface area contributed by atoms with Gasteiger partial charge in [0.25, 0.3) is 0 Å². The predicted octanol–water partition coefficient (Wildman–Crippen LogP) is 3.73. The summed E-state index contributed by atoms with van der Waals surface area (Å²) >= 11 is 1.79. The summed E-state index contributed by atoms with van der Waals surface area (Å²) < 4.78 is 13.0. The molecule has 0 unspecified atom stereocenters. The van der Waals surface area contributed by atoms with E-state index in [1.807, 2.05) is 39.9 Å². The number of hydrogen-bond donors (Lipinski definition) is 1. The lowest BCUT2D eigenvalue weighted by atomic mass is 10.1. The zero-order valence-electron chi connectivity index (χ0n) is 16.8. The lowest BCUT2D eigenvalue weighted by Crippen LogP contribution is -2.31. The van der Waals surface area contributed by atoms with Gasteiger partial charge in [0.1, 0.15) is 12.2 Å². The standard InChI is InChI=1S/C22H22N4O3S/c1-28-19-9-15-16(17-8-14-4-3-5-23-22(14)24-17)11-26(18(15)10-20(19)29-2)12-21(27)25-6-7-30-13-25/h3-5,8-11H,6-7,12-13H2,1-2H3,(H,23,24). The van der Waals surface area contributed by atoms with Crippen LogP contribution in [0.1, 0.15) is 0 Å². The molecule has 1 aliphatic heterocycles. The number of pyridine rings is 1. The Kier molecular flexibility index (Phi) is 4.78. The summed E-state index contributed by atoms with van der Waals surface area (Å²) in [5, 5.41) is 2.03. The van der Waals surface area contributed by atoms with Crippen LogP contribution in [0, 0.1) is 0 Å². The van der Waals surface area contributed by atoms with Gasteiger partial charge in [0.2, 0.25) is 5.91 Å². The summed E-state index contributed by atoms with van der Waals surface area (Å²) in [6.45, 7) is 1.09. The van der Waals surface area contributed by atoms with Crippen molar-refractivity contribution < 1.29 is 14.3 Å². The predicted molar refractivity (Wildman–Crippen MR) is 119 cm³/mol. The Hall–Kier alpha value is -3.13. The van der Waals surface area contributed by atoms with E-state index in [4.69, 9.17) is 9.47 Å². The van der Waals surface area contributed by atoms with Crippen LogP contribution in [-0.2, 0) is 11.3 Å². The van der Waals surface area contributed by atoms with Crippen molar-refractivity contribution in [3.05, 3.63) is 42.7 Å². The van der Waals surface area contributed by atoms with E-state index < -0.39 is 0 Å². The number of nitrogens with one attached hydrogen (secondary N) is 1. The van der Waals surface area contributed by atoms with Crippen LogP contribution in [0.5, 0.6) is 11.5 Å². The second-order valence-corrected chi connectivity index (χ2v) is 8.29. The Morgan fingerprint density at radius 3 is 2.80 bits per heavy atom. The zero-order chi connectivity index (χ0) is 20.7. The number of nitrogens with zero attached hydrogens (tertiary/aromatic N) is 3. The monoisotopic (exact) mass is 422 g/mol. The van der Waals surface area contributed by atoms with Gasteiger partial charge in [0.15, 0.2) is 11.5 Å². The summed E-state index contributed by atoms with van der Waals surface area (Å²) in [5.41, 5.74) is 3.70. The van der Waals surface area contributed by atoms with E-state index in [2.05, 4.69) is 16.0 Å². The molecule has 1 aliphatic rings. The molecular weight excluding hydrogens is 400 g/mol. The van der Waals surface area contributed by atoms with Gasteiger partial charge in [0, 0.05) is 52.8 Å². The van der Waals surface area contributed by atoms with Crippen molar-refractivity contribution in [3.63, 3.8) is 0 Å². The minimum atomic E-state index is 0.122. The highest BCUT2D eigenvalue weighted by Gasteiger charge is 2.22. The molecule has 0 aliphatic carbocycles. The maximum absolute atomic E-state index is 12.8. The van der Waals surface area contributed by atoms with E-state index in [1.165, 1.54) is 0 Å². The number of aromatic amines is 1. The van der Waals surface area contributed by atoms with Crippen LogP contribution in [-0.4, -0.2) is 57.7 Å². The molecule has 154 valence electrons. The molecule has 0 radical (unpaired) electrons. The Morgan fingerprint density at radius 1 is 1.23 bits per heavy atom. The smallest absolute Gasteiger partial charge is 0.243 e. The highest BCUT2D eigenvalue weighted by Crippen LogP contribution is 2.39. The fourth-order valence-electron chi connectivity index (χ4n) is 3.92. The van der Waals surface area contributed by atoms with Gasteiger partial charge in [-0.1, -0.05) is 0 Å². The molecule has 30 heavy (non-hydrogen) atoms. The molecule has 3 aromatic heterocycles. The first-order chi connectivity index (χ1) is 14.7. The van der Waals surface area contributed by atoms with Crippen LogP contribution in [0.4, 0.5) is 0 Å². The molecule has 4 aromatic rings. The first-order valence-corrected chi connectivity index (χ1v) is 10.9. The molecule has 1 amide bonds. The number of carbonyl (C=O) groups is 1. The Labute approximate surface area is 178 Å². The molecule has 4 heterocycles. The Balaban J connectivity index is 1.66. The lowest BCUT2D eigenvalue weighted by molar-refractivity contribution is -0.130. The second-order valence-electron chi connectivity index (χ2n) is 7.21. The number of ether oxygens (including phenoxy) is 2. The van der Waals surface area contributed by atoms with Gasteiger partial charge in [-0.25, -0.2) is 4.98 Å². The largest absolute Gasteiger partial charge is 0.493 e. The van der Waals surface area contributed by atoms with Crippen molar-refractivity contribution >= 4 is 39.6 Å². The fourth-order valence-corrected chi connectivity index (χ4v) is 4.89. The van der Waals surface area contributed by atoms with Gasteiger partial charge >= 0.3 is 0 Å². The second kappa shape index (κ2) is 7.60. The van der Waals surface area contributed by atoms with Gasteiger partial charge in [-0.2, -0.15) is 0 Å². The summed E-state index contributed by atoms with van der Waals surface area (Å²) in [4.78, 5) is 22.5. The number of benzene rings is 1. The molecule has 7 nitrogen and oxygen atoms in total. The topological polar surface area (TPSA) is 72.4 Å². The van der Waals surface area contributed by atoms with E-state index in [9.17, 15) is 4.79 Å². The van der Waals surface area contributed by atoms with Gasteiger partial charge < -0.3 is 23.9 Å². The first-order valence-electron chi connectivity index (χ1n) is 9.72. The lowest BCUT2D eigenvalue weighted by Gasteiger charge is -2.15. The normalized spacial score (nSPS) is 14.0. The van der Waals surface area contributed by atoms with Crippen LogP contribution in [0.3, 0.4) is 0 Å². The van der Waals surface area contributed by atoms with E-state index in [0.717, 1.165) is 51.4 Å². The minimum Gasteiger partial charge on any atom is -0.493 e. The van der Waals surface area contributed by atoms with Crippen LogP contribution in [0.15, 0.2) is 42.7 Å². The molecule has 0 saturated carbocycles. The molecular formula is C22H22N4O3S. The summed E-state index contributed by atoms with van der Waals surface area (Å²) in [5.74, 6) is 3.17. The van der Waals surface area contributed by atoms with Crippen molar-refractivity contribution in [2.75, 3.05) is 32.4 Å². The van der Waals surface area contributed by atoms with Crippen molar-refractivity contribution in [3.8, 4) is 22.8 Å². The van der Waals surface area contributed by atoms with Crippen molar-refractivity contribution in [2.45, 2.75) is 6.54 Å². The zero-order valence-corrected chi connectivity index (χ0v) is 17.7. The molecule has 1 aromatic carbocycles. The number of amides is 1. The third kappa shape index (κ3) is 3.17. The maximum atomic E-state index is 12.8. The molecule has 8 heteroatoms. The number of aromatic nitrogens is 3. The van der Waals surface area contributed by atoms with Crippen molar-refractivity contribution in [2.24, 2.45) is 0 Å². The summed E-state index contributed by atoms with van der Waals surface area (Å²) in [6.07, 6.45) is 3.79. The fraction of sp³-hybridized carbons (Fsp3) is 0.273. The van der Waals surface area contributed by atoms with Crippen LogP contribution in [0.25, 0.3) is 33.2 Å². The summed E-state index contributed by atoms with van der Waals surface area (Å²) in [6, 6.07) is 9.93. The number of methoxy groups -OCH3 is 2.